The molecule has 0 amide bonds. The lowest BCUT2D eigenvalue weighted by Crippen LogP contribution is -2.50. The predicted molar refractivity (Wildman–Crippen MR) is 197 cm³/mol. The number of rotatable bonds is 4. The van der Waals surface area contributed by atoms with Gasteiger partial charge in [0, 0.05) is 6.42 Å². The van der Waals surface area contributed by atoms with Crippen molar-refractivity contribution in [3.8, 4) is 0 Å². The van der Waals surface area contributed by atoms with Crippen molar-refractivity contribution in [2.45, 2.75) is 93.9 Å². The molecule has 288 valence electrons. The Morgan fingerprint density at radius 1 is 0.887 bits per heavy atom. The van der Waals surface area contributed by atoms with Gasteiger partial charge < -0.3 is 34.6 Å². The Morgan fingerprint density at radius 2 is 1.49 bits per heavy atom. The lowest BCUT2D eigenvalue weighted by molar-refractivity contribution is -0.176. The van der Waals surface area contributed by atoms with Crippen molar-refractivity contribution in [3.63, 3.8) is 0 Å². The van der Waals surface area contributed by atoms with E-state index in [-0.39, 0.29) is 42.9 Å². The van der Waals surface area contributed by atoms with E-state index in [4.69, 9.17) is 48.2 Å². The first kappa shape index (κ1) is 37.7. The summed E-state index contributed by atoms with van der Waals surface area (Å²) >= 11 is 8.82. The van der Waals surface area contributed by atoms with Gasteiger partial charge in [0.05, 0.1) is 32.5 Å². The van der Waals surface area contributed by atoms with Crippen LogP contribution in [0.3, 0.4) is 0 Å². The molecule has 4 bridgehead atoms. The SMILES string of the molecule is CC(C)(C)[Si](C)(C)OC1[C@H]2O[P@](=O)(S)OCC[C@@]34CO[C@@H]([C@H](n5cnc6c(N)ncnc65)O3)[C@@H]4O[P@](=O)(S)OC[C@H]1O[C@H]2n1cnc2c(N)ncnc21. The summed E-state index contributed by atoms with van der Waals surface area (Å²) in [6.07, 6.45) is -1.14. The molecule has 4 aliphatic heterocycles. The summed E-state index contributed by atoms with van der Waals surface area (Å²) < 4.78 is 82.3. The molecule has 4 aliphatic rings. The Kier molecular flexibility index (Phi) is 9.36. The highest BCUT2D eigenvalue weighted by Gasteiger charge is 2.65. The average molecular weight is 831 g/mol. The second kappa shape index (κ2) is 13.2. The molecule has 4 N–H and O–H groups in total. The molecule has 4 aromatic rings. The summed E-state index contributed by atoms with van der Waals surface area (Å²) in [5.74, 6) is 0.337. The zero-order valence-corrected chi connectivity index (χ0v) is 33.9. The van der Waals surface area contributed by atoms with E-state index in [0.717, 1.165) is 0 Å². The number of nitrogen functional groups attached to an aromatic ring is 2. The zero-order valence-electron chi connectivity index (χ0n) is 29.3. The third-order valence-electron chi connectivity index (χ3n) is 10.5. The molecule has 4 saturated heterocycles. The van der Waals surface area contributed by atoms with Crippen molar-refractivity contribution in [3.05, 3.63) is 25.3 Å². The van der Waals surface area contributed by atoms with Gasteiger partial charge in [0.15, 0.2) is 43.7 Å². The number of nitrogens with two attached hydrogens (primary N) is 2. The van der Waals surface area contributed by atoms with E-state index in [1.165, 1.54) is 25.3 Å². The van der Waals surface area contributed by atoms with Crippen molar-refractivity contribution < 1.29 is 45.9 Å². The van der Waals surface area contributed by atoms with Crippen molar-refractivity contribution in [2.24, 2.45) is 0 Å². The van der Waals surface area contributed by atoms with Gasteiger partial charge in [-0.1, -0.05) is 45.3 Å². The van der Waals surface area contributed by atoms with Crippen LogP contribution in [0.5, 0.6) is 0 Å². The second-order valence-electron chi connectivity index (χ2n) is 14.8. The molecule has 8 heterocycles. The van der Waals surface area contributed by atoms with Gasteiger partial charge in [0.2, 0.25) is 0 Å². The minimum absolute atomic E-state index is 0.0228. The van der Waals surface area contributed by atoms with E-state index in [2.05, 4.69) is 75.2 Å². The molecule has 25 heteroatoms. The summed E-state index contributed by atoms with van der Waals surface area (Å²) in [5.41, 5.74) is 12.3. The highest BCUT2D eigenvalue weighted by Crippen LogP contribution is 2.63. The molecule has 0 radical (unpaired) electrons. The van der Waals surface area contributed by atoms with Gasteiger partial charge in [0.1, 0.15) is 59.8 Å². The Hall–Kier alpha value is -2.24. The summed E-state index contributed by atoms with van der Waals surface area (Å²) in [4.78, 5) is 25.5. The average Bonchev–Trinajstić information content (AvgIpc) is 3.88. The van der Waals surface area contributed by atoms with Gasteiger partial charge in [0.25, 0.3) is 0 Å². The third kappa shape index (κ3) is 6.64. The molecular weight excluding hydrogens is 791 g/mol. The fourth-order valence-electron chi connectivity index (χ4n) is 6.80. The molecule has 8 rings (SSSR count). The molecule has 0 aliphatic carbocycles. The fourth-order valence-corrected chi connectivity index (χ4v) is 11.1. The van der Waals surface area contributed by atoms with Crippen LogP contribution in [0.15, 0.2) is 25.3 Å². The first-order chi connectivity index (χ1) is 24.9. The van der Waals surface area contributed by atoms with Crippen LogP contribution in [-0.4, -0.2) is 103 Å². The van der Waals surface area contributed by atoms with Crippen LogP contribution in [0.25, 0.3) is 22.3 Å². The van der Waals surface area contributed by atoms with Crippen LogP contribution >= 0.6 is 38.1 Å². The number of hydrogen-bond acceptors (Lipinski definition) is 18. The van der Waals surface area contributed by atoms with E-state index in [0.29, 0.717) is 22.3 Å². The van der Waals surface area contributed by atoms with Gasteiger partial charge in [-0.25, -0.2) is 39.0 Å². The number of thiol groups is 2. The van der Waals surface area contributed by atoms with Gasteiger partial charge in [-0.05, 0) is 18.1 Å². The lowest BCUT2D eigenvalue weighted by Gasteiger charge is -2.40. The van der Waals surface area contributed by atoms with Crippen LogP contribution in [0, 0.1) is 0 Å². The number of hydrogen-bond donors (Lipinski definition) is 4. The minimum atomic E-state index is -4.19. The van der Waals surface area contributed by atoms with Crippen molar-refractivity contribution in [1.29, 1.82) is 0 Å². The van der Waals surface area contributed by atoms with Gasteiger partial charge in [-0.15, -0.1) is 0 Å². The molecule has 53 heavy (non-hydrogen) atoms. The molecule has 0 spiro atoms. The summed E-state index contributed by atoms with van der Waals surface area (Å²) in [6, 6.07) is 0. The first-order valence-corrected chi connectivity index (χ1v) is 25.0. The van der Waals surface area contributed by atoms with Gasteiger partial charge in [-0.2, -0.15) is 0 Å². The largest absolute Gasteiger partial charge is 0.408 e. The maximum absolute atomic E-state index is 14.2. The lowest BCUT2D eigenvalue weighted by atomic mass is 9.96. The Bertz CT molecular complexity index is 2160. The van der Waals surface area contributed by atoms with Gasteiger partial charge >= 0.3 is 13.6 Å². The number of nitrogens with zero attached hydrogens (tertiary/aromatic N) is 8. The third-order valence-corrected chi connectivity index (χ3v) is 18.2. The van der Waals surface area contributed by atoms with Crippen LogP contribution < -0.4 is 11.5 Å². The maximum atomic E-state index is 14.2. The topological polar surface area (TPSA) is 247 Å². The van der Waals surface area contributed by atoms with Crippen molar-refractivity contribution in [2.75, 3.05) is 31.3 Å². The number of ether oxygens (including phenoxy) is 3. The molecule has 10 atom stereocenters. The summed E-state index contributed by atoms with van der Waals surface area (Å²) in [5, 5.41) is -0.265. The van der Waals surface area contributed by atoms with Crippen molar-refractivity contribution in [1.82, 2.24) is 39.0 Å². The fraction of sp³-hybridized carbons (Fsp3) is 0.643. The zero-order chi connectivity index (χ0) is 37.7. The second-order valence-corrected chi connectivity index (χ2v) is 25.3. The molecule has 0 saturated carbocycles. The number of anilines is 2. The Balaban J connectivity index is 1.15. The Morgan fingerprint density at radius 3 is 2.11 bits per heavy atom. The number of aromatic nitrogens is 8. The molecular formula is C28H40N10O10P2S2Si. The van der Waals surface area contributed by atoms with E-state index in [9.17, 15) is 9.13 Å². The quantitative estimate of drug-likeness (QED) is 0.129. The molecule has 20 nitrogen and oxygen atoms in total. The van der Waals surface area contributed by atoms with E-state index < -0.39 is 70.5 Å². The standard InChI is InChI=1S/C28H40N10O10P2S2Si/c1-27(2,3)53(4,5)48-17-14-8-43-50(40,52)47-20-19-26(38-13-36-16-22(30)32-11-34-24(16)38)45-28(20,9-41-19)6-7-42-49(39,51)46-18(17)25(44-14)37-12-35-15-21(29)31-10-33-23(15)37/h10-14,17-20,25-26H,6-9H2,1-5H3,(H,39,51)(H,40,52)(H2,29,31,33)(H2,30,32,34)/t14-,17?,18-,19-,20+,25-,26-,28+,49-,50-/m1/s1. The van der Waals surface area contributed by atoms with Crippen LogP contribution in [-0.2, 0) is 45.9 Å². The monoisotopic (exact) mass is 830 g/mol. The van der Waals surface area contributed by atoms with Crippen LogP contribution in [0.2, 0.25) is 18.1 Å². The van der Waals surface area contributed by atoms with Crippen molar-refractivity contribution >= 4 is 80.4 Å². The molecule has 4 fully saturated rings. The maximum Gasteiger partial charge on any atom is 0.386 e. The molecule has 1 unspecified atom stereocenters. The smallest absolute Gasteiger partial charge is 0.386 e. The summed E-state index contributed by atoms with van der Waals surface area (Å²) in [6.45, 7) is 1.42. The van der Waals surface area contributed by atoms with Gasteiger partial charge in [-0.3, -0.25) is 22.7 Å². The Labute approximate surface area is 314 Å². The van der Waals surface area contributed by atoms with E-state index in [1.54, 1.807) is 9.13 Å². The summed E-state index contributed by atoms with van der Waals surface area (Å²) in [7, 11) is -2.61. The molecule has 0 aromatic carbocycles. The number of fused-ring (bicyclic) bond motifs is 4. The van der Waals surface area contributed by atoms with E-state index in [1.807, 2.05) is 13.1 Å². The van der Waals surface area contributed by atoms with E-state index >= 15 is 0 Å². The minimum Gasteiger partial charge on any atom is -0.408 e. The highest BCUT2D eigenvalue weighted by atomic mass is 32.7. The highest BCUT2D eigenvalue weighted by molar-refractivity contribution is 8.44. The first-order valence-electron chi connectivity index (χ1n) is 16.7. The van der Waals surface area contributed by atoms with Crippen LogP contribution in [0.1, 0.15) is 39.6 Å². The number of imidazole rings is 2. The normalized spacial score (nSPS) is 36.9. The molecule has 4 aromatic heterocycles. The predicted octanol–water partition coefficient (Wildman–Crippen LogP) is 4.07. The van der Waals surface area contributed by atoms with Crippen LogP contribution in [0.4, 0.5) is 11.6 Å².